The van der Waals surface area contributed by atoms with Crippen LogP contribution >= 0.6 is 0 Å². The second kappa shape index (κ2) is 8.03. The van der Waals surface area contributed by atoms with E-state index in [1.54, 1.807) is 7.11 Å². The van der Waals surface area contributed by atoms with Crippen LogP contribution in [0.1, 0.15) is 44.2 Å². The molecule has 1 fully saturated rings. The predicted octanol–water partition coefficient (Wildman–Crippen LogP) is 2.70. The van der Waals surface area contributed by atoms with Gasteiger partial charge in [-0.25, -0.2) is 4.79 Å². The Labute approximate surface area is 132 Å². The van der Waals surface area contributed by atoms with Gasteiger partial charge < -0.3 is 20.1 Å². The number of urea groups is 1. The fraction of sp³-hybridized carbons (Fsp3) is 0.588. The molecule has 1 aliphatic heterocycles. The van der Waals surface area contributed by atoms with E-state index in [1.165, 1.54) is 0 Å². The van der Waals surface area contributed by atoms with Gasteiger partial charge in [0.1, 0.15) is 5.75 Å². The van der Waals surface area contributed by atoms with Gasteiger partial charge in [-0.1, -0.05) is 12.1 Å². The van der Waals surface area contributed by atoms with Crippen molar-refractivity contribution in [3.63, 3.8) is 0 Å². The van der Waals surface area contributed by atoms with E-state index in [0.29, 0.717) is 6.42 Å². The molecule has 2 rings (SSSR count). The number of likely N-dealkylation sites (tertiary alicyclic amines) is 1. The first-order valence-corrected chi connectivity index (χ1v) is 7.97. The van der Waals surface area contributed by atoms with E-state index in [9.17, 15) is 4.79 Å². The number of methoxy groups -OCH3 is 1. The molecule has 2 N–H and O–H groups in total. The SMILES string of the molecule is COc1ccc(C2CCCN2C(=O)NC(C)CCCO)cc1. The highest BCUT2D eigenvalue weighted by molar-refractivity contribution is 5.75. The van der Waals surface area contributed by atoms with Crippen molar-refractivity contribution in [3.05, 3.63) is 29.8 Å². The Balaban J connectivity index is 1.98. The topological polar surface area (TPSA) is 61.8 Å². The van der Waals surface area contributed by atoms with Gasteiger partial charge in [-0.3, -0.25) is 0 Å². The molecule has 5 nitrogen and oxygen atoms in total. The van der Waals surface area contributed by atoms with Crippen molar-refractivity contribution in [2.75, 3.05) is 20.3 Å². The Kier molecular flexibility index (Phi) is 6.07. The number of aliphatic hydroxyl groups is 1. The van der Waals surface area contributed by atoms with Crippen molar-refractivity contribution in [1.29, 1.82) is 0 Å². The van der Waals surface area contributed by atoms with Gasteiger partial charge in [0.2, 0.25) is 0 Å². The number of aliphatic hydroxyl groups excluding tert-OH is 1. The molecular weight excluding hydrogens is 280 g/mol. The smallest absolute Gasteiger partial charge is 0.318 e. The third-order valence-corrected chi connectivity index (χ3v) is 4.18. The molecule has 0 spiro atoms. The molecule has 1 aromatic rings. The summed E-state index contributed by atoms with van der Waals surface area (Å²) in [6, 6.07) is 8.15. The lowest BCUT2D eigenvalue weighted by Crippen LogP contribution is -2.43. The van der Waals surface area contributed by atoms with E-state index in [0.717, 1.165) is 37.1 Å². The monoisotopic (exact) mass is 306 g/mol. The molecule has 0 bridgehead atoms. The van der Waals surface area contributed by atoms with Crippen molar-refractivity contribution < 1.29 is 14.6 Å². The molecule has 2 atom stereocenters. The molecule has 0 aliphatic carbocycles. The maximum Gasteiger partial charge on any atom is 0.318 e. The normalized spacial score (nSPS) is 19.0. The quantitative estimate of drug-likeness (QED) is 0.849. The largest absolute Gasteiger partial charge is 0.497 e. The maximum atomic E-state index is 12.5. The number of carbonyl (C=O) groups is 1. The molecule has 0 aromatic heterocycles. The fourth-order valence-corrected chi connectivity index (χ4v) is 2.95. The van der Waals surface area contributed by atoms with Crippen molar-refractivity contribution in [2.24, 2.45) is 0 Å². The first-order valence-electron chi connectivity index (χ1n) is 7.97. The van der Waals surface area contributed by atoms with Gasteiger partial charge in [0.25, 0.3) is 0 Å². The summed E-state index contributed by atoms with van der Waals surface area (Å²) < 4.78 is 5.18. The standard InChI is InChI=1S/C17H26N2O3/c1-13(5-4-12-20)18-17(21)19-11-3-6-16(19)14-7-9-15(22-2)10-8-14/h7-10,13,16,20H,3-6,11-12H2,1-2H3,(H,18,21). The number of nitrogens with one attached hydrogen (secondary N) is 1. The highest BCUT2D eigenvalue weighted by atomic mass is 16.5. The number of hydrogen-bond acceptors (Lipinski definition) is 3. The summed E-state index contributed by atoms with van der Waals surface area (Å²) in [7, 11) is 1.65. The minimum absolute atomic E-state index is 0.0104. The highest BCUT2D eigenvalue weighted by Gasteiger charge is 2.30. The summed E-state index contributed by atoms with van der Waals surface area (Å²) in [5.74, 6) is 0.829. The highest BCUT2D eigenvalue weighted by Crippen LogP contribution is 2.32. The summed E-state index contributed by atoms with van der Waals surface area (Å²) in [6.45, 7) is 2.93. The zero-order valence-electron chi connectivity index (χ0n) is 13.4. The third-order valence-electron chi connectivity index (χ3n) is 4.18. The summed E-state index contributed by atoms with van der Waals surface area (Å²) in [5, 5.41) is 11.9. The van der Waals surface area contributed by atoms with Crippen LogP contribution < -0.4 is 10.1 Å². The minimum Gasteiger partial charge on any atom is -0.497 e. The number of carbonyl (C=O) groups excluding carboxylic acids is 1. The molecule has 5 heteroatoms. The van der Waals surface area contributed by atoms with E-state index < -0.39 is 0 Å². The van der Waals surface area contributed by atoms with E-state index in [1.807, 2.05) is 36.1 Å². The Bertz CT molecular complexity index is 475. The molecule has 1 heterocycles. The van der Waals surface area contributed by atoms with Crippen LogP contribution in [-0.4, -0.2) is 42.3 Å². The average Bonchev–Trinajstić information content (AvgIpc) is 3.02. The van der Waals surface area contributed by atoms with Crippen molar-refractivity contribution in [3.8, 4) is 5.75 Å². The Hall–Kier alpha value is -1.75. The second-order valence-electron chi connectivity index (χ2n) is 5.84. The van der Waals surface area contributed by atoms with Gasteiger partial charge in [-0.05, 0) is 50.3 Å². The van der Waals surface area contributed by atoms with Crippen LogP contribution in [0.15, 0.2) is 24.3 Å². The first-order chi connectivity index (χ1) is 10.7. The summed E-state index contributed by atoms with van der Waals surface area (Å²) in [5.41, 5.74) is 1.15. The van der Waals surface area contributed by atoms with Crippen LogP contribution in [-0.2, 0) is 0 Å². The van der Waals surface area contributed by atoms with Gasteiger partial charge in [0.15, 0.2) is 0 Å². The molecule has 2 amide bonds. The minimum atomic E-state index is -0.0104. The molecule has 0 saturated carbocycles. The lowest BCUT2D eigenvalue weighted by molar-refractivity contribution is 0.188. The van der Waals surface area contributed by atoms with Gasteiger partial charge in [-0.2, -0.15) is 0 Å². The van der Waals surface area contributed by atoms with Crippen LogP contribution in [0.2, 0.25) is 0 Å². The zero-order valence-corrected chi connectivity index (χ0v) is 13.4. The summed E-state index contributed by atoms with van der Waals surface area (Å²) in [4.78, 5) is 14.4. The van der Waals surface area contributed by atoms with E-state index in [4.69, 9.17) is 9.84 Å². The molecule has 22 heavy (non-hydrogen) atoms. The van der Waals surface area contributed by atoms with Gasteiger partial charge >= 0.3 is 6.03 Å². The number of rotatable bonds is 6. The number of nitrogens with zero attached hydrogens (tertiary/aromatic N) is 1. The van der Waals surface area contributed by atoms with E-state index >= 15 is 0 Å². The first kappa shape index (κ1) is 16.6. The summed E-state index contributed by atoms with van der Waals surface area (Å²) in [6.07, 6.45) is 3.52. The number of benzene rings is 1. The molecule has 122 valence electrons. The predicted molar refractivity (Wildman–Crippen MR) is 86.0 cm³/mol. The van der Waals surface area contributed by atoms with Gasteiger partial charge in [-0.15, -0.1) is 0 Å². The van der Waals surface area contributed by atoms with Crippen LogP contribution in [0.4, 0.5) is 4.79 Å². The Morgan fingerprint density at radius 2 is 2.18 bits per heavy atom. The van der Waals surface area contributed by atoms with E-state index in [-0.39, 0.29) is 24.7 Å². The Morgan fingerprint density at radius 3 is 2.82 bits per heavy atom. The maximum absolute atomic E-state index is 12.5. The lowest BCUT2D eigenvalue weighted by Gasteiger charge is -2.27. The van der Waals surface area contributed by atoms with Gasteiger partial charge in [0, 0.05) is 19.2 Å². The average molecular weight is 306 g/mol. The van der Waals surface area contributed by atoms with Crippen LogP contribution in [0.25, 0.3) is 0 Å². The number of hydrogen-bond donors (Lipinski definition) is 2. The second-order valence-corrected chi connectivity index (χ2v) is 5.84. The molecule has 1 saturated heterocycles. The van der Waals surface area contributed by atoms with Gasteiger partial charge in [0.05, 0.1) is 13.2 Å². The number of amides is 2. The zero-order chi connectivity index (χ0) is 15.9. The number of ether oxygens (including phenoxy) is 1. The van der Waals surface area contributed by atoms with Crippen LogP contribution in [0.3, 0.4) is 0 Å². The fourth-order valence-electron chi connectivity index (χ4n) is 2.95. The van der Waals surface area contributed by atoms with Crippen LogP contribution in [0, 0.1) is 0 Å². The van der Waals surface area contributed by atoms with E-state index in [2.05, 4.69) is 5.32 Å². The molecule has 0 radical (unpaired) electrons. The lowest BCUT2D eigenvalue weighted by atomic mass is 10.0. The van der Waals surface area contributed by atoms with Crippen molar-refractivity contribution in [1.82, 2.24) is 10.2 Å². The molecule has 2 unspecified atom stereocenters. The molecule has 1 aromatic carbocycles. The molecule has 1 aliphatic rings. The van der Waals surface area contributed by atoms with Crippen molar-refractivity contribution in [2.45, 2.75) is 44.7 Å². The van der Waals surface area contributed by atoms with Crippen molar-refractivity contribution >= 4 is 6.03 Å². The van der Waals surface area contributed by atoms with Crippen LogP contribution in [0.5, 0.6) is 5.75 Å². The summed E-state index contributed by atoms with van der Waals surface area (Å²) >= 11 is 0. The molecular formula is C17H26N2O3. The third kappa shape index (κ3) is 4.13. The Morgan fingerprint density at radius 1 is 1.45 bits per heavy atom.